The second-order valence-electron chi connectivity index (χ2n) is 7.61. The zero-order valence-electron chi connectivity index (χ0n) is 15.6. The molecular formula is C19H28N4O2. The van der Waals surface area contributed by atoms with Gasteiger partial charge in [-0.2, -0.15) is 5.10 Å². The van der Waals surface area contributed by atoms with E-state index in [0.717, 1.165) is 49.6 Å². The molecule has 3 rings (SSSR count). The first kappa shape index (κ1) is 17.7. The van der Waals surface area contributed by atoms with Gasteiger partial charge in [-0.25, -0.2) is 4.79 Å². The Hall–Kier alpha value is -2.08. The first-order valence-corrected chi connectivity index (χ1v) is 9.01. The Morgan fingerprint density at radius 3 is 2.56 bits per heavy atom. The lowest BCUT2D eigenvalue weighted by molar-refractivity contribution is 0.0699. The van der Waals surface area contributed by atoms with E-state index in [1.165, 1.54) is 0 Å². The van der Waals surface area contributed by atoms with E-state index in [2.05, 4.69) is 48.9 Å². The van der Waals surface area contributed by atoms with Gasteiger partial charge in [-0.15, -0.1) is 0 Å². The Labute approximate surface area is 149 Å². The molecule has 6 nitrogen and oxygen atoms in total. The minimum atomic E-state index is -0.891. The number of rotatable bonds is 5. The van der Waals surface area contributed by atoms with Gasteiger partial charge in [-0.1, -0.05) is 0 Å². The summed E-state index contributed by atoms with van der Waals surface area (Å²) >= 11 is 0. The van der Waals surface area contributed by atoms with Gasteiger partial charge in [-0.3, -0.25) is 4.68 Å². The maximum Gasteiger partial charge on any atom is 0.336 e. The summed E-state index contributed by atoms with van der Waals surface area (Å²) < 4.78 is 1.91. The molecule has 0 saturated carbocycles. The van der Waals surface area contributed by atoms with E-state index < -0.39 is 5.97 Å². The molecule has 1 N–H and O–H groups in total. The third-order valence-electron chi connectivity index (χ3n) is 5.02. The topological polar surface area (TPSA) is 61.6 Å². The highest BCUT2D eigenvalue weighted by atomic mass is 16.4. The Morgan fingerprint density at radius 1 is 1.32 bits per heavy atom. The second-order valence-corrected chi connectivity index (χ2v) is 7.61. The van der Waals surface area contributed by atoms with Crippen LogP contribution in [0.1, 0.15) is 43.1 Å². The maximum atomic E-state index is 11.7. The van der Waals surface area contributed by atoms with Gasteiger partial charge in [0.2, 0.25) is 0 Å². The van der Waals surface area contributed by atoms with Crippen LogP contribution < -0.4 is 4.90 Å². The minimum absolute atomic E-state index is 0.195. The number of carboxylic acids is 1. The Balaban J connectivity index is 1.92. The molecule has 0 spiro atoms. The maximum absolute atomic E-state index is 11.7. The molecule has 1 aliphatic rings. The molecule has 0 unspecified atom stereocenters. The van der Waals surface area contributed by atoms with Gasteiger partial charge in [0.1, 0.15) is 0 Å². The summed E-state index contributed by atoms with van der Waals surface area (Å²) in [5, 5.41) is 14.7. The number of hydrogen-bond donors (Lipinski definition) is 1. The SMILES string of the molecule is CC(C)n1ncc2c(C(=O)O)cc(N3CCC(CN(C)C)CC3)cc21. The zero-order chi connectivity index (χ0) is 18.1. The fraction of sp³-hybridized carbons (Fsp3) is 0.579. The van der Waals surface area contributed by atoms with Crippen molar-refractivity contribution in [3.63, 3.8) is 0 Å². The number of aromatic carboxylic acids is 1. The van der Waals surface area contributed by atoms with Gasteiger partial charge in [0.05, 0.1) is 17.3 Å². The molecule has 0 radical (unpaired) electrons. The molecule has 1 fully saturated rings. The summed E-state index contributed by atoms with van der Waals surface area (Å²) in [5.41, 5.74) is 2.24. The van der Waals surface area contributed by atoms with E-state index in [1.54, 1.807) is 6.20 Å². The molecule has 0 atom stereocenters. The average Bonchev–Trinajstić information content (AvgIpc) is 2.98. The molecule has 6 heteroatoms. The highest BCUT2D eigenvalue weighted by molar-refractivity contribution is 6.04. The molecule has 2 aromatic rings. The molecular weight excluding hydrogens is 316 g/mol. The van der Waals surface area contributed by atoms with Crippen molar-refractivity contribution in [2.75, 3.05) is 38.6 Å². The van der Waals surface area contributed by atoms with E-state index in [-0.39, 0.29) is 6.04 Å². The van der Waals surface area contributed by atoms with Gasteiger partial charge < -0.3 is 14.9 Å². The summed E-state index contributed by atoms with van der Waals surface area (Å²) in [7, 11) is 4.24. The van der Waals surface area contributed by atoms with Crippen molar-refractivity contribution in [1.82, 2.24) is 14.7 Å². The van der Waals surface area contributed by atoms with Crippen LogP contribution in [0.15, 0.2) is 18.3 Å². The second kappa shape index (κ2) is 7.04. The van der Waals surface area contributed by atoms with Gasteiger partial charge in [0, 0.05) is 36.7 Å². The fourth-order valence-corrected chi connectivity index (χ4v) is 3.79. The molecule has 1 aliphatic heterocycles. The lowest BCUT2D eigenvalue weighted by atomic mass is 9.95. The highest BCUT2D eigenvalue weighted by Crippen LogP contribution is 2.30. The third-order valence-corrected chi connectivity index (χ3v) is 5.02. The van der Waals surface area contributed by atoms with Crippen molar-refractivity contribution in [3.05, 3.63) is 23.9 Å². The highest BCUT2D eigenvalue weighted by Gasteiger charge is 2.23. The summed E-state index contributed by atoms with van der Waals surface area (Å²) in [6.45, 7) is 7.18. The van der Waals surface area contributed by atoms with E-state index in [1.807, 2.05) is 10.7 Å². The van der Waals surface area contributed by atoms with Crippen LogP contribution in [0.4, 0.5) is 5.69 Å². The van der Waals surface area contributed by atoms with Crippen LogP contribution in [0.5, 0.6) is 0 Å². The molecule has 136 valence electrons. The van der Waals surface area contributed by atoms with Crippen molar-refractivity contribution >= 4 is 22.6 Å². The molecule has 1 aromatic carbocycles. The van der Waals surface area contributed by atoms with Crippen LogP contribution in [-0.2, 0) is 0 Å². The first-order chi connectivity index (χ1) is 11.9. The first-order valence-electron chi connectivity index (χ1n) is 9.01. The minimum Gasteiger partial charge on any atom is -0.478 e. The molecule has 1 saturated heterocycles. The van der Waals surface area contributed by atoms with Crippen molar-refractivity contribution in [3.8, 4) is 0 Å². The Bertz CT molecular complexity index is 758. The summed E-state index contributed by atoms with van der Waals surface area (Å²) in [5.74, 6) is -0.173. The van der Waals surface area contributed by atoms with Crippen LogP contribution in [-0.4, -0.2) is 59.5 Å². The average molecular weight is 344 g/mol. The van der Waals surface area contributed by atoms with Crippen LogP contribution in [0.3, 0.4) is 0 Å². The van der Waals surface area contributed by atoms with E-state index >= 15 is 0 Å². The van der Waals surface area contributed by atoms with Crippen molar-refractivity contribution in [2.45, 2.75) is 32.7 Å². The Morgan fingerprint density at radius 2 is 2.00 bits per heavy atom. The fourth-order valence-electron chi connectivity index (χ4n) is 3.79. The number of nitrogens with zero attached hydrogens (tertiary/aromatic N) is 4. The third kappa shape index (κ3) is 3.63. The lowest BCUT2D eigenvalue weighted by Crippen LogP contribution is -2.37. The normalized spacial score (nSPS) is 16.3. The predicted molar refractivity (Wildman–Crippen MR) is 101 cm³/mol. The number of anilines is 1. The van der Waals surface area contributed by atoms with E-state index in [0.29, 0.717) is 10.9 Å². The smallest absolute Gasteiger partial charge is 0.336 e. The largest absolute Gasteiger partial charge is 0.478 e. The summed E-state index contributed by atoms with van der Waals surface area (Å²) in [6, 6.07) is 4.10. The number of carboxylic acid groups (broad SMARTS) is 1. The predicted octanol–water partition coefficient (Wildman–Crippen LogP) is 3.09. The van der Waals surface area contributed by atoms with E-state index in [4.69, 9.17) is 0 Å². The monoisotopic (exact) mass is 344 g/mol. The summed E-state index contributed by atoms with van der Waals surface area (Å²) in [6.07, 6.45) is 3.95. The lowest BCUT2D eigenvalue weighted by Gasteiger charge is -2.35. The van der Waals surface area contributed by atoms with Gasteiger partial charge in [0.15, 0.2) is 0 Å². The number of hydrogen-bond acceptors (Lipinski definition) is 4. The van der Waals surface area contributed by atoms with Crippen molar-refractivity contribution in [1.29, 1.82) is 0 Å². The van der Waals surface area contributed by atoms with Crippen LogP contribution in [0, 0.1) is 5.92 Å². The molecule has 0 bridgehead atoms. The standard InChI is InChI=1S/C19H28N4O2/c1-13(2)23-18-10-15(9-16(19(24)25)17(18)11-20-23)22-7-5-14(6-8-22)12-21(3)4/h9-11,13-14H,5-8,12H2,1-4H3,(H,24,25). The quantitative estimate of drug-likeness (QED) is 0.903. The van der Waals surface area contributed by atoms with Gasteiger partial charge >= 0.3 is 5.97 Å². The number of carbonyl (C=O) groups is 1. The summed E-state index contributed by atoms with van der Waals surface area (Å²) in [4.78, 5) is 16.3. The van der Waals surface area contributed by atoms with Crippen LogP contribution in [0.25, 0.3) is 10.9 Å². The van der Waals surface area contributed by atoms with Crippen LogP contribution >= 0.6 is 0 Å². The Kier molecular flexibility index (Phi) is 4.99. The number of aromatic nitrogens is 2. The number of benzene rings is 1. The molecule has 0 amide bonds. The van der Waals surface area contributed by atoms with Crippen molar-refractivity contribution in [2.24, 2.45) is 5.92 Å². The van der Waals surface area contributed by atoms with Crippen LogP contribution in [0.2, 0.25) is 0 Å². The van der Waals surface area contributed by atoms with Gasteiger partial charge in [0.25, 0.3) is 0 Å². The molecule has 2 heterocycles. The number of piperidine rings is 1. The van der Waals surface area contributed by atoms with E-state index in [9.17, 15) is 9.90 Å². The molecule has 0 aliphatic carbocycles. The number of fused-ring (bicyclic) bond motifs is 1. The molecule has 25 heavy (non-hydrogen) atoms. The molecule has 1 aromatic heterocycles. The zero-order valence-corrected chi connectivity index (χ0v) is 15.6. The van der Waals surface area contributed by atoms with Gasteiger partial charge in [-0.05, 0) is 58.8 Å². The van der Waals surface area contributed by atoms with Crippen molar-refractivity contribution < 1.29 is 9.90 Å².